The molecule has 2 aromatic carbocycles. The number of nitrogens with zero attached hydrogens (tertiary/aromatic N) is 4. The first kappa shape index (κ1) is 20.0. The Labute approximate surface area is 174 Å². The lowest BCUT2D eigenvalue weighted by atomic mass is 9.82. The summed E-state index contributed by atoms with van der Waals surface area (Å²) in [6.07, 6.45) is 3.45. The first-order chi connectivity index (χ1) is 14.3. The molecule has 1 N–H and O–H groups in total. The lowest BCUT2D eigenvalue weighted by Crippen LogP contribution is -2.37. The average Bonchev–Trinajstić information content (AvgIpc) is 3.16. The van der Waals surface area contributed by atoms with E-state index in [0.29, 0.717) is 10.9 Å². The first-order valence-electron chi connectivity index (χ1n) is 9.83. The van der Waals surface area contributed by atoms with Crippen LogP contribution in [0.3, 0.4) is 0 Å². The van der Waals surface area contributed by atoms with Crippen LogP contribution < -0.4 is 10.9 Å². The Morgan fingerprint density at radius 1 is 1.07 bits per heavy atom. The molecule has 0 fully saturated rings. The summed E-state index contributed by atoms with van der Waals surface area (Å²) in [7, 11) is 0. The zero-order valence-corrected chi connectivity index (χ0v) is 17.2. The van der Waals surface area contributed by atoms with Gasteiger partial charge in [-0.15, -0.1) is 0 Å². The van der Waals surface area contributed by atoms with Gasteiger partial charge in [0.25, 0.3) is 5.56 Å². The van der Waals surface area contributed by atoms with Crippen molar-refractivity contribution in [2.75, 3.05) is 0 Å². The van der Waals surface area contributed by atoms with E-state index >= 15 is 0 Å². The number of aromatic nitrogens is 4. The van der Waals surface area contributed by atoms with Gasteiger partial charge in [-0.25, -0.2) is 13.8 Å². The summed E-state index contributed by atoms with van der Waals surface area (Å²) in [4.78, 5) is 13.0. The lowest BCUT2D eigenvalue weighted by Gasteiger charge is -2.32. The Morgan fingerprint density at radius 2 is 1.77 bits per heavy atom. The Morgan fingerprint density at radius 3 is 2.43 bits per heavy atom. The number of halogens is 1. The topological polar surface area (TPSA) is 64.7 Å². The number of para-hydroxylation sites is 1. The predicted molar refractivity (Wildman–Crippen MR) is 115 cm³/mol. The second-order valence-corrected chi connectivity index (χ2v) is 8.38. The maximum absolute atomic E-state index is 13.3. The molecule has 0 amide bonds. The van der Waals surface area contributed by atoms with Gasteiger partial charge in [0.1, 0.15) is 5.82 Å². The van der Waals surface area contributed by atoms with E-state index in [-0.39, 0.29) is 29.5 Å². The van der Waals surface area contributed by atoms with Crippen molar-refractivity contribution in [1.82, 2.24) is 24.9 Å². The van der Waals surface area contributed by atoms with Gasteiger partial charge in [-0.1, -0.05) is 51.1 Å². The smallest absolute Gasteiger partial charge is 0.291 e. The van der Waals surface area contributed by atoms with Crippen LogP contribution in [-0.2, 0) is 6.67 Å². The van der Waals surface area contributed by atoms with Crippen molar-refractivity contribution in [1.29, 1.82) is 0 Å². The van der Waals surface area contributed by atoms with Gasteiger partial charge in [0.2, 0.25) is 0 Å². The SMILES string of the molecule is CC(C)(C)C(NCn1ncc2cn(-c3ccccc3)nc2c1=O)c1ccc(F)cc1. The van der Waals surface area contributed by atoms with Crippen LogP contribution in [0.25, 0.3) is 16.6 Å². The highest BCUT2D eigenvalue weighted by Gasteiger charge is 2.26. The molecule has 0 spiro atoms. The normalized spacial score (nSPS) is 12.9. The second-order valence-electron chi connectivity index (χ2n) is 8.38. The summed E-state index contributed by atoms with van der Waals surface area (Å²) in [5.74, 6) is -0.274. The highest BCUT2D eigenvalue weighted by Crippen LogP contribution is 2.32. The number of hydrogen-bond donors (Lipinski definition) is 1. The zero-order chi connectivity index (χ0) is 21.3. The molecule has 4 rings (SSSR count). The predicted octanol–water partition coefficient (Wildman–Crippen LogP) is 4.06. The molecule has 4 aromatic rings. The fourth-order valence-corrected chi connectivity index (χ4v) is 3.54. The molecule has 0 bridgehead atoms. The summed E-state index contributed by atoms with van der Waals surface area (Å²) in [6.45, 7) is 6.49. The van der Waals surface area contributed by atoms with Gasteiger partial charge in [0, 0.05) is 17.6 Å². The quantitative estimate of drug-likeness (QED) is 0.544. The minimum absolute atomic E-state index is 0.0932. The maximum Gasteiger partial charge on any atom is 0.296 e. The van der Waals surface area contributed by atoms with Crippen LogP contribution >= 0.6 is 0 Å². The highest BCUT2D eigenvalue weighted by molar-refractivity contribution is 5.76. The van der Waals surface area contributed by atoms with E-state index < -0.39 is 0 Å². The van der Waals surface area contributed by atoms with Crippen molar-refractivity contribution in [3.8, 4) is 5.69 Å². The van der Waals surface area contributed by atoms with Crippen molar-refractivity contribution >= 4 is 10.9 Å². The van der Waals surface area contributed by atoms with Crippen molar-refractivity contribution < 1.29 is 4.39 Å². The van der Waals surface area contributed by atoms with Gasteiger partial charge in [0.05, 0.1) is 18.6 Å². The van der Waals surface area contributed by atoms with Gasteiger partial charge >= 0.3 is 0 Å². The molecule has 154 valence electrons. The zero-order valence-electron chi connectivity index (χ0n) is 17.2. The summed E-state index contributed by atoms with van der Waals surface area (Å²) in [6, 6.07) is 16.0. The van der Waals surface area contributed by atoms with Crippen LogP contribution in [0.1, 0.15) is 32.4 Å². The van der Waals surface area contributed by atoms with Gasteiger partial charge in [-0.3, -0.25) is 10.1 Å². The fourth-order valence-electron chi connectivity index (χ4n) is 3.54. The lowest BCUT2D eigenvalue weighted by molar-refractivity contribution is 0.250. The van der Waals surface area contributed by atoms with Crippen molar-refractivity contribution in [2.45, 2.75) is 33.5 Å². The third kappa shape index (κ3) is 4.02. The van der Waals surface area contributed by atoms with E-state index in [2.05, 4.69) is 36.3 Å². The van der Waals surface area contributed by atoms with Crippen LogP contribution in [0.2, 0.25) is 0 Å². The Kier molecular flexibility index (Phi) is 5.22. The summed E-state index contributed by atoms with van der Waals surface area (Å²) >= 11 is 0. The molecule has 1 atom stereocenters. The molecule has 6 nitrogen and oxygen atoms in total. The molecule has 0 aliphatic heterocycles. The van der Waals surface area contributed by atoms with Crippen LogP contribution in [0.4, 0.5) is 4.39 Å². The van der Waals surface area contributed by atoms with E-state index in [1.807, 2.05) is 30.3 Å². The standard InChI is InChI=1S/C23H24FN5O/c1-23(2,3)21(16-9-11-18(24)12-10-16)25-15-29-22(30)20-17(13-26-29)14-28(27-20)19-7-5-4-6-8-19/h4-14,21,25H,15H2,1-3H3. The van der Waals surface area contributed by atoms with Gasteiger partial charge in [-0.05, 0) is 35.2 Å². The monoisotopic (exact) mass is 405 g/mol. The Bertz CT molecular complexity index is 1210. The molecule has 30 heavy (non-hydrogen) atoms. The molecule has 0 radical (unpaired) electrons. The molecule has 1 unspecified atom stereocenters. The van der Waals surface area contributed by atoms with Crippen LogP contribution in [0.15, 0.2) is 71.8 Å². The molecule has 7 heteroatoms. The van der Waals surface area contributed by atoms with E-state index in [9.17, 15) is 9.18 Å². The van der Waals surface area contributed by atoms with E-state index in [4.69, 9.17) is 0 Å². The number of hydrogen-bond acceptors (Lipinski definition) is 4. The molecule has 0 aliphatic rings. The molecule has 2 aromatic heterocycles. The van der Waals surface area contributed by atoms with Crippen molar-refractivity contribution in [2.24, 2.45) is 5.41 Å². The Hall–Kier alpha value is -3.32. The summed E-state index contributed by atoms with van der Waals surface area (Å²) in [5.41, 5.74) is 1.78. The number of fused-ring (bicyclic) bond motifs is 1. The first-order valence-corrected chi connectivity index (χ1v) is 9.83. The minimum atomic E-state index is -0.274. The average molecular weight is 405 g/mol. The number of rotatable bonds is 5. The third-order valence-corrected chi connectivity index (χ3v) is 5.05. The molecule has 0 aliphatic carbocycles. The molecule has 2 heterocycles. The van der Waals surface area contributed by atoms with Crippen LogP contribution in [0, 0.1) is 11.2 Å². The van der Waals surface area contributed by atoms with Gasteiger partial charge in [-0.2, -0.15) is 10.2 Å². The Balaban J connectivity index is 1.62. The molecule has 0 saturated heterocycles. The fraction of sp³-hybridized carbons (Fsp3) is 0.261. The minimum Gasteiger partial charge on any atom is -0.291 e. The van der Waals surface area contributed by atoms with Crippen LogP contribution in [0.5, 0.6) is 0 Å². The number of nitrogens with one attached hydrogen (secondary N) is 1. The highest BCUT2D eigenvalue weighted by atomic mass is 19.1. The van der Waals surface area contributed by atoms with Crippen molar-refractivity contribution in [3.63, 3.8) is 0 Å². The van der Waals surface area contributed by atoms with Gasteiger partial charge < -0.3 is 0 Å². The van der Waals surface area contributed by atoms with Gasteiger partial charge in [0.15, 0.2) is 5.52 Å². The van der Waals surface area contributed by atoms with Crippen LogP contribution in [-0.4, -0.2) is 19.6 Å². The number of benzene rings is 2. The molecule has 0 saturated carbocycles. The largest absolute Gasteiger partial charge is 0.296 e. The maximum atomic E-state index is 13.3. The van der Waals surface area contributed by atoms with Crippen molar-refractivity contribution in [3.05, 3.63) is 88.7 Å². The summed E-state index contributed by atoms with van der Waals surface area (Å²) in [5, 5.41) is 12.8. The van der Waals surface area contributed by atoms with E-state index in [1.54, 1.807) is 29.2 Å². The second kappa shape index (κ2) is 7.84. The van der Waals surface area contributed by atoms with E-state index in [1.165, 1.54) is 16.8 Å². The third-order valence-electron chi connectivity index (χ3n) is 5.05. The molecular weight excluding hydrogens is 381 g/mol. The summed E-state index contributed by atoms with van der Waals surface area (Å²) < 4.78 is 16.4. The molecular formula is C23H24FN5O. The van der Waals surface area contributed by atoms with E-state index in [0.717, 1.165) is 11.3 Å².